The lowest BCUT2D eigenvalue weighted by atomic mass is 9.93. The van der Waals surface area contributed by atoms with Crippen LogP contribution in [-0.4, -0.2) is 16.9 Å². The second-order valence-corrected chi connectivity index (χ2v) is 5.38. The van der Waals surface area contributed by atoms with E-state index >= 15 is 0 Å². The van der Waals surface area contributed by atoms with Gasteiger partial charge in [-0.15, -0.1) is 0 Å². The quantitative estimate of drug-likeness (QED) is 0.861. The summed E-state index contributed by atoms with van der Waals surface area (Å²) in [6.45, 7) is 0. The van der Waals surface area contributed by atoms with Gasteiger partial charge in [0.1, 0.15) is 0 Å². The SMILES string of the molecule is O=C(C[C@@H]1CC[C@H](C(=O)O)C1)c1ccccc1C(F)(F)F. The lowest BCUT2D eigenvalue weighted by molar-refractivity contribution is -0.141. The molecule has 1 saturated carbocycles. The molecule has 2 atom stereocenters. The van der Waals surface area contributed by atoms with Crippen molar-refractivity contribution < 1.29 is 27.9 Å². The number of carboxylic acids is 1. The van der Waals surface area contributed by atoms with Gasteiger partial charge >= 0.3 is 12.1 Å². The number of Topliss-reactive ketones (excluding diaryl/α,β-unsaturated/α-hetero) is 1. The summed E-state index contributed by atoms with van der Waals surface area (Å²) in [4.78, 5) is 23.0. The predicted octanol–water partition coefficient (Wildman–Crippen LogP) is 3.78. The number of ketones is 1. The van der Waals surface area contributed by atoms with Crippen LogP contribution in [0, 0.1) is 11.8 Å². The first-order valence-electron chi connectivity index (χ1n) is 6.71. The van der Waals surface area contributed by atoms with Crippen molar-refractivity contribution in [2.45, 2.75) is 31.9 Å². The fourth-order valence-electron chi connectivity index (χ4n) is 2.83. The predicted molar refractivity (Wildman–Crippen MR) is 68.9 cm³/mol. The van der Waals surface area contributed by atoms with Crippen molar-refractivity contribution in [2.24, 2.45) is 11.8 Å². The summed E-state index contributed by atoms with van der Waals surface area (Å²) in [7, 11) is 0. The van der Waals surface area contributed by atoms with E-state index in [1.807, 2.05) is 0 Å². The molecule has 0 bridgehead atoms. The molecular formula is C15H15F3O3. The van der Waals surface area contributed by atoms with Crippen molar-refractivity contribution in [3.8, 4) is 0 Å². The molecule has 0 spiro atoms. The summed E-state index contributed by atoms with van der Waals surface area (Å²) in [6.07, 6.45) is -3.19. The zero-order valence-electron chi connectivity index (χ0n) is 11.2. The Balaban J connectivity index is 2.10. The van der Waals surface area contributed by atoms with E-state index in [-0.39, 0.29) is 17.9 Å². The Hall–Kier alpha value is -1.85. The fourth-order valence-corrected chi connectivity index (χ4v) is 2.83. The number of carbonyl (C=O) groups excluding carboxylic acids is 1. The Morgan fingerprint density at radius 3 is 2.43 bits per heavy atom. The first kappa shape index (κ1) is 15.5. The summed E-state index contributed by atoms with van der Waals surface area (Å²) < 4.78 is 38.6. The molecular weight excluding hydrogens is 285 g/mol. The highest BCUT2D eigenvalue weighted by Crippen LogP contribution is 2.36. The second kappa shape index (κ2) is 5.87. The standard InChI is InChI=1S/C15H15F3O3/c16-15(17,18)12-4-2-1-3-11(12)13(19)8-9-5-6-10(7-9)14(20)21/h1-4,9-10H,5-8H2,(H,20,21)/t9-,10+/m1/s1. The van der Waals surface area contributed by atoms with Crippen LogP contribution in [0.15, 0.2) is 24.3 Å². The third kappa shape index (κ3) is 3.62. The molecule has 6 heteroatoms. The summed E-state index contributed by atoms with van der Waals surface area (Å²) in [5.41, 5.74) is -1.26. The van der Waals surface area contributed by atoms with Crippen molar-refractivity contribution in [2.75, 3.05) is 0 Å². The van der Waals surface area contributed by atoms with Gasteiger partial charge in [-0.2, -0.15) is 13.2 Å². The topological polar surface area (TPSA) is 54.4 Å². The first-order chi connectivity index (χ1) is 9.79. The van der Waals surface area contributed by atoms with Gasteiger partial charge in [0, 0.05) is 12.0 Å². The van der Waals surface area contributed by atoms with Crippen molar-refractivity contribution >= 4 is 11.8 Å². The van der Waals surface area contributed by atoms with Crippen molar-refractivity contribution in [1.29, 1.82) is 0 Å². The molecule has 1 aliphatic carbocycles. The minimum atomic E-state index is -4.56. The van der Waals surface area contributed by atoms with Crippen LogP contribution in [-0.2, 0) is 11.0 Å². The largest absolute Gasteiger partial charge is 0.481 e. The van der Waals surface area contributed by atoms with Crippen LogP contribution < -0.4 is 0 Å². The van der Waals surface area contributed by atoms with Crippen LogP contribution in [0.4, 0.5) is 13.2 Å². The molecule has 114 valence electrons. The highest BCUT2D eigenvalue weighted by atomic mass is 19.4. The molecule has 3 nitrogen and oxygen atoms in total. The molecule has 2 rings (SSSR count). The molecule has 0 saturated heterocycles. The third-order valence-corrected chi connectivity index (χ3v) is 3.90. The monoisotopic (exact) mass is 300 g/mol. The van der Waals surface area contributed by atoms with Crippen LogP contribution in [0.3, 0.4) is 0 Å². The molecule has 0 unspecified atom stereocenters. The van der Waals surface area contributed by atoms with E-state index in [0.717, 1.165) is 6.07 Å². The Labute approximate surface area is 119 Å². The van der Waals surface area contributed by atoms with Crippen molar-refractivity contribution in [3.05, 3.63) is 35.4 Å². The van der Waals surface area contributed by atoms with Crippen LogP contribution in [0.25, 0.3) is 0 Å². The first-order valence-corrected chi connectivity index (χ1v) is 6.71. The maximum atomic E-state index is 12.9. The molecule has 1 N–H and O–H groups in total. The smallest absolute Gasteiger partial charge is 0.417 e. The van der Waals surface area contributed by atoms with Gasteiger partial charge in [0.25, 0.3) is 0 Å². The van der Waals surface area contributed by atoms with Gasteiger partial charge in [0.2, 0.25) is 0 Å². The number of carbonyl (C=O) groups is 2. The normalized spacial score (nSPS) is 22.2. The zero-order chi connectivity index (χ0) is 15.6. The fraction of sp³-hybridized carbons (Fsp3) is 0.467. The van der Waals surface area contributed by atoms with E-state index in [1.165, 1.54) is 18.2 Å². The highest BCUT2D eigenvalue weighted by molar-refractivity contribution is 5.97. The Morgan fingerprint density at radius 2 is 1.86 bits per heavy atom. The van der Waals surface area contributed by atoms with E-state index in [2.05, 4.69) is 0 Å². The summed E-state index contributed by atoms with van der Waals surface area (Å²) in [6, 6.07) is 4.71. The number of hydrogen-bond acceptors (Lipinski definition) is 2. The van der Waals surface area contributed by atoms with Crippen LogP contribution in [0.1, 0.15) is 41.6 Å². The highest BCUT2D eigenvalue weighted by Gasteiger charge is 2.36. The van der Waals surface area contributed by atoms with Crippen molar-refractivity contribution in [3.63, 3.8) is 0 Å². The maximum Gasteiger partial charge on any atom is 0.417 e. The van der Waals surface area contributed by atoms with Crippen LogP contribution in [0.5, 0.6) is 0 Å². The summed E-state index contributed by atoms with van der Waals surface area (Å²) in [5, 5.41) is 8.90. The van der Waals surface area contributed by atoms with Gasteiger partial charge in [0.15, 0.2) is 5.78 Å². The van der Waals surface area contributed by atoms with Gasteiger partial charge < -0.3 is 5.11 Å². The minimum Gasteiger partial charge on any atom is -0.481 e. The number of alkyl halides is 3. The molecule has 1 aliphatic rings. The Kier molecular flexibility index (Phi) is 4.34. The zero-order valence-corrected chi connectivity index (χ0v) is 11.2. The molecule has 0 aromatic heterocycles. The lowest BCUT2D eigenvalue weighted by Gasteiger charge is -2.13. The van der Waals surface area contributed by atoms with Gasteiger partial charge in [-0.05, 0) is 31.2 Å². The van der Waals surface area contributed by atoms with Gasteiger partial charge in [-0.1, -0.05) is 18.2 Å². The molecule has 1 aromatic carbocycles. The van der Waals surface area contributed by atoms with E-state index in [1.54, 1.807) is 0 Å². The number of carboxylic acid groups (broad SMARTS) is 1. The van der Waals surface area contributed by atoms with Crippen LogP contribution >= 0.6 is 0 Å². The average Bonchev–Trinajstić information content (AvgIpc) is 2.86. The molecule has 0 radical (unpaired) electrons. The van der Waals surface area contributed by atoms with E-state index in [4.69, 9.17) is 5.11 Å². The van der Waals surface area contributed by atoms with Gasteiger partial charge in [-0.25, -0.2) is 0 Å². The number of aliphatic carboxylic acids is 1. The number of benzene rings is 1. The second-order valence-electron chi connectivity index (χ2n) is 5.38. The number of hydrogen-bond donors (Lipinski definition) is 1. The van der Waals surface area contributed by atoms with Crippen molar-refractivity contribution in [1.82, 2.24) is 0 Å². The molecule has 0 aliphatic heterocycles. The number of halogens is 3. The van der Waals surface area contributed by atoms with Gasteiger partial charge in [-0.3, -0.25) is 9.59 Å². The molecule has 0 heterocycles. The maximum absolute atomic E-state index is 12.9. The summed E-state index contributed by atoms with van der Waals surface area (Å²) >= 11 is 0. The number of rotatable bonds is 4. The molecule has 1 aromatic rings. The molecule has 21 heavy (non-hydrogen) atoms. The minimum absolute atomic E-state index is 0.0309. The molecule has 1 fully saturated rings. The van der Waals surface area contributed by atoms with Crippen LogP contribution in [0.2, 0.25) is 0 Å². The Morgan fingerprint density at radius 1 is 1.19 bits per heavy atom. The van der Waals surface area contributed by atoms with E-state index in [0.29, 0.717) is 19.3 Å². The third-order valence-electron chi connectivity index (χ3n) is 3.90. The lowest BCUT2D eigenvalue weighted by Crippen LogP contribution is -2.15. The average molecular weight is 300 g/mol. The van der Waals surface area contributed by atoms with E-state index in [9.17, 15) is 22.8 Å². The summed E-state index contributed by atoms with van der Waals surface area (Å²) in [5.74, 6) is -2.11. The van der Waals surface area contributed by atoms with Gasteiger partial charge in [0.05, 0.1) is 11.5 Å². The molecule has 0 amide bonds. The van der Waals surface area contributed by atoms with E-state index < -0.39 is 29.4 Å². The Bertz CT molecular complexity index is 551.